The first kappa shape index (κ1) is 31.4. The van der Waals surface area contributed by atoms with Crippen molar-refractivity contribution in [1.82, 2.24) is 19.7 Å². The van der Waals surface area contributed by atoms with E-state index in [1.54, 1.807) is 0 Å². The molecule has 16 heteroatoms. The van der Waals surface area contributed by atoms with Gasteiger partial charge in [-0.25, -0.2) is 23.8 Å². The summed E-state index contributed by atoms with van der Waals surface area (Å²) in [5, 5.41) is 6.80. The summed E-state index contributed by atoms with van der Waals surface area (Å²) in [5.74, 6) is -1.15. The van der Waals surface area contributed by atoms with Crippen LogP contribution in [0.4, 0.5) is 39.4 Å². The molecule has 0 spiro atoms. The van der Waals surface area contributed by atoms with Crippen molar-refractivity contribution >= 4 is 45.9 Å². The van der Waals surface area contributed by atoms with Crippen LogP contribution < -0.4 is 19.9 Å². The van der Waals surface area contributed by atoms with Gasteiger partial charge in [-0.05, 0) is 54.4 Å². The predicted molar refractivity (Wildman–Crippen MR) is 162 cm³/mol. The molecule has 5 rings (SSSR count). The highest BCUT2D eigenvalue weighted by atomic mass is 32.2. The van der Waals surface area contributed by atoms with Crippen LogP contribution in [0, 0.1) is 5.82 Å². The minimum Gasteiger partial charge on any atom is -0.404 e. The minimum atomic E-state index is -4.85. The number of alkyl halides is 3. The number of anilines is 3. The van der Waals surface area contributed by atoms with Gasteiger partial charge in [0.2, 0.25) is 5.91 Å². The van der Waals surface area contributed by atoms with Gasteiger partial charge in [0.05, 0.1) is 23.3 Å². The number of carbonyl (C=O) groups is 2. The molecule has 0 bridgehead atoms. The van der Waals surface area contributed by atoms with E-state index in [0.29, 0.717) is 5.69 Å². The Hall–Kier alpha value is -4.99. The predicted octanol–water partition coefficient (Wildman–Crippen LogP) is 6.05. The van der Waals surface area contributed by atoms with Crippen molar-refractivity contribution in [2.24, 2.45) is 4.99 Å². The Morgan fingerprint density at radius 3 is 2.60 bits per heavy atom. The smallest absolute Gasteiger partial charge is 0.404 e. The molecule has 3 heterocycles. The number of carbonyl (C=O) groups excluding carboxylic acids is 2. The molecule has 1 N–H and O–H groups in total. The number of nitrogens with one attached hydrogen (secondary N) is 1. The van der Waals surface area contributed by atoms with E-state index in [0.717, 1.165) is 54.2 Å². The number of aliphatic imine (C=N–C) groups is 1. The highest BCUT2D eigenvalue weighted by Gasteiger charge is 2.33. The summed E-state index contributed by atoms with van der Waals surface area (Å²) in [5.41, 5.74) is 2.57. The lowest BCUT2D eigenvalue weighted by Crippen LogP contribution is -2.31. The van der Waals surface area contributed by atoms with E-state index in [4.69, 9.17) is 0 Å². The minimum absolute atomic E-state index is 0.101. The van der Waals surface area contributed by atoms with Crippen LogP contribution in [-0.4, -0.2) is 63.1 Å². The summed E-state index contributed by atoms with van der Waals surface area (Å²) >= 11 is 1.12. The number of hydrogen-bond acceptors (Lipinski definition) is 8. The molecule has 0 aliphatic carbocycles. The van der Waals surface area contributed by atoms with Crippen LogP contribution in [0.2, 0.25) is 0 Å². The average Bonchev–Trinajstić information content (AvgIpc) is 3.61. The van der Waals surface area contributed by atoms with Crippen molar-refractivity contribution in [2.45, 2.75) is 26.1 Å². The topological polar surface area (TPSA) is 118 Å². The maximum atomic E-state index is 15.1. The van der Waals surface area contributed by atoms with E-state index in [9.17, 15) is 22.8 Å². The van der Waals surface area contributed by atoms with E-state index in [2.05, 4.69) is 30.1 Å². The standard InChI is InChI=1S/C29H26F4N8O3S/c1-4-5-17-6-8-19(39(2)3)13-23(17)41-25(42)15-45-28(41)37-27(43)36-22-10-7-18(12-21(22)30)26-35-16-40(38-26)24-11-9-20(14-34-24)44-29(31,32)33/h6-14,16H,4-5,15H2,1-3H3,(H,36,43)/b37-28-. The fourth-order valence-electron chi connectivity index (χ4n) is 4.39. The third kappa shape index (κ3) is 7.39. The second-order valence-electron chi connectivity index (χ2n) is 9.91. The van der Waals surface area contributed by atoms with E-state index in [1.807, 2.05) is 44.1 Å². The van der Waals surface area contributed by atoms with Gasteiger partial charge in [-0.15, -0.1) is 18.3 Å². The summed E-state index contributed by atoms with van der Waals surface area (Å²) in [7, 11) is 3.78. The van der Waals surface area contributed by atoms with Gasteiger partial charge in [0.15, 0.2) is 16.8 Å². The number of urea groups is 1. The third-order valence-electron chi connectivity index (χ3n) is 6.46. The van der Waals surface area contributed by atoms with E-state index < -0.39 is 24.0 Å². The number of aromatic nitrogens is 4. The van der Waals surface area contributed by atoms with Crippen LogP contribution in [0.3, 0.4) is 0 Å². The Morgan fingerprint density at radius 2 is 1.93 bits per heavy atom. The summed E-state index contributed by atoms with van der Waals surface area (Å²) in [6.45, 7) is 2.03. The number of amidine groups is 1. The number of nitrogens with zero attached hydrogens (tertiary/aromatic N) is 7. The van der Waals surface area contributed by atoms with Crippen LogP contribution in [0.5, 0.6) is 5.75 Å². The molecule has 2 aromatic heterocycles. The van der Waals surface area contributed by atoms with Gasteiger partial charge in [0.1, 0.15) is 17.9 Å². The van der Waals surface area contributed by atoms with Crippen molar-refractivity contribution in [1.29, 1.82) is 0 Å². The quantitative estimate of drug-likeness (QED) is 0.231. The van der Waals surface area contributed by atoms with E-state index >= 15 is 4.39 Å². The lowest BCUT2D eigenvalue weighted by molar-refractivity contribution is -0.274. The number of rotatable bonds is 8. The summed E-state index contributed by atoms with van der Waals surface area (Å²) in [6, 6.07) is 11.2. The average molecular weight is 643 g/mol. The summed E-state index contributed by atoms with van der Waals surface area (Å²) in [4.78, 5) is 41.2. The molecule has 4 aromatic rings. The molecule has 2 aromatic carbocycles. The molecular weight excluding hydrogens is 616 g/mol. The molecule has 234 valence electrons. The van der Waals surface area contributed by atoms with Crippen LogP contribution in [0.1, 0.15) is 18.9 Å². The van der Waals surface area contributed by atoms with Gasteiger partial charge < -0.3 is 15.0 Å². The molecule has 1 aliphatic rings. The monoisotopic (exact) mass is 642 g/mol. The number of amides is 3. The molecular formula is C29H26F4N8O3S. The fraction of sp³-hybridized carbons (Fsp3) is 0.241. The Kier molecular flexibility index (Phi) is 9.04. The van der Waals surface area contributed by atoms with Crippen LogP contribution >= 0.6 is 11.8 Å². The summed E-state index contributed by atoms with van der Waals surface area (Å²) < 4.78 is 57.2. The number of aryl methyl sites for hydroxylation is 1. The molecule has 0 radical (unpaired) electrons. The molecule has 0 saturated carbocycles. The zero-order valence-electron chi connectivity index (χ0n) is 24.2. The maximum Gasteiger partial charge on any atom is 0.573 e. The molecule has 0 unspecified atom stereocenters. The van der Waals surface area contributed by atoms with Crippen LogP contribution in [0.15, 0.2) is 66.0 Å². The summed E-state index contributed by atoms with van der Waals surface area (Å²) in [6.07, 6.45) is -1.13. The zero-order valence-corrected chi connectivity index (χ0v) is 25.0. The highest BCUT2D eigenvalue weighted by molar-refractivity contribution is 8.15. The van der Waals surface area contributed by atoms with Crippen molar-refractivity contribution in [2.75, 3.05) is 35.0 Å². The molecule has 11 nitrogen and oxygen atoms in total. The molecule has 1 saturated heterocycles. The molecule has 1 fully saturated rings. The molecule has 3 amide bonds. The molecule has 45 heavy (non-hydrogen) atoms. The van der Waals surface area contributed by atoms with Crippen molar-refractivity contribution in [3.8, 4) is 23.0 Å². The Bertz CT molecular complexity index is 1760. The number of ether oxygens (including phenoxy) is 1. The van der Waals surface area contributed by atoms with Crippen molar-refractivity contribution < 1.29 is 31.9 Å². The first-order chi connectivity index (χ1) is 21.4. The van der Waals surface area contributed by atoms with Gasteiger partial charge in [-0.3, -0.25) is 9.69 Å². The lowest BCUT2D eigenvalue weighted by atomic mass is 10.1. The second kappa shape index (κ2) is 12.9. The van der Waals surface area contributed by atoms with E-state index in [1.165, 1.54) is 34.1 Å². The van der Waals surface area contributed by atoms with E-state index in [-0.39, 0.29) is 39.7 Å². The number of thioether (sulfide) groups is 1. The molecule has 1 aliphatic heterocycles. The third-order valence-corrected chi connectivity index (χ3v) is 7.38. The van der Waals surface area contributed by atoms with Crippen molar-refractivity contribution in [3.05, 3.63) is 72.4 Å². The first-order valence-corrected chi connectivity index (χ1v) is 14.5. The van der Waals surface area contributed by atoms with Crippen molar-refractivity contribution in [3.63, 3.8) is 0 Å². The Balaban J connectivity index is 1.31. The number of pyridine rings is 1. The van der Waals surface area contributed by atoms with Gasteiger partial charge in [0.25, 0.3) is 0 Å². The Morgan fingerprint density at radius 1 is 1.13 bits per heavy atom. The fourth-order valence-corrected chi connectivity index (χ4v) is 5.25. The SMILES string of the molecule is CCCc1ccc(N(C)C)cc1N1C(=O)CS/C1=N\C(=O)Nc1ccc(-c2ncn(-c3ccc(OC(F)(F)F)cn3)n2)cc1F. The number of hydrogen-bond donors (Lipinski definition) is 1. The Labute approximate surface area is 258 Å². The van der Waals surface area contributed by atoms with Gasteiger partial charge in [-0.2, -0.15) is 4.99 Å². The van der Waals surface area contributed by atoms with Gasteiger partial charge >= 0.3 is 12.4 Å². The largest absolute Gasteiger partial charge is 0.573 e. The first-order valence-electron chi connectivity index (χ1n) is 13.5. The number of benzene rings is 2. The lowest BCUT2D eigenvalue weighted by Gasteiger charge is -2.22. The second-order valence-corrected chi connectivity index (χ2v) is 10.8. The zero-order chi connectivity index (χ0) is 32.3. The van der Waals surface area contributed by atoms with Crippen LogP contribution in [-0.2, 0) is 11.2 Å². The number of halogens is 4. The van der Waals surface area contributed by atoms with Gasteiger partial charge in [0, 0.05) is 25.3 Å². The maximum absolute atomic E-state index is 15.1. The highest BCUT2D eigenvalue weighted by Crippen LogP contribution is 2.33. The molecule has 0 atom stereocenters. The normalized spacial score (nSPS) is 14.2. The van der Waals surface area contributed by atoms with Crippen LogP contribution in [0.25, 0.3) is 17.2 Å². The van der Waals surface area contributed by atoms with Gasteiger partial charge in [-0.1, -0.05) is 31.2 Å².